The molecular weight excluding hydrogens is 664 g/mol. The first kappa shape index (κ1) is 37.4. The Balaban J connectivity index is 1.56. The van der Waals surface area contributed by atoms with Gasteiger partial charge < -0.3 is 0 Å². The first-order valence-corrected chi connectivity index (χ1v) is 16.8. The Hall–Kier alpha value is -4.47. The summed E-state index contributed by atoms with van der Waals surface area (Å²) in [5, 5.41) is 6.23. The van der Waals surface area contributed by atoms with Crippen LogP contribution in [0.1, 0.15) is 81.3 Å². The molecule has 1 aliphatic carbocycles. The van der Waals surface area contributed by atoms with Crippen molar-refractivity contribution >= 4 is 33.4 Å². The molecule has 0 saturated heterocycles. The maximum absolute atomic E-state index is 13.8. The molecule has 1 unspecified atom stereocenters. The Labute approximate surface area is 295 Å². The van der Waals surface area contributed by atoms with E-state index in [1.165, 1.54) is 6.21 Å². The van der Waals surface area contributed by atoms with Crippen molar-refractivity contribution in [1.82, 2.24) is 10.3 Å². The number of nitrogens with one attached hydrogen (secondary N) is 2. The third-order valence-corrected chi connectivity index (χ3v) is 8.88. The number of aromatic nitrogens is 1. The molecule has 49 heavy (non-hydrogen) atoms. The Bertz CT molecular complexity index is 1810. The molecule has 2 aromatic carbocycles. The molecule has 1 amide bonds. The number of nitrogens with zero attached hydrogens (tertiary/aromatic N) is 2. The van der Waals surface area contributed by atoms with Crippen LogP contribution in [0, 0.1) is 5.41 Å². The fourth-order valence-electron chi connectivity index (χ4n) is 5.01. The second kappa shape index (κ2) is 16.3. The molecule has 2 N–H and O–H groups in total. The number of alkyl halides is 3. The van der Waals surface area contributed by atoms with Gasteiger partial charge in [0, 0.05) is 0 Å². The number of para-hydroxylation sites is 1. The summed E-state index contributed by atoms with van der Waals surface area (Å²) in [6.07, 6.45) is 4.13. The number of hydrogen-bond acceptors (Lipinski definition) is 5. The Morgan fingerprint density at radius 2 is 1.76 bits per heavy atom. The van der Waals surface area contributed by atoms with Gasteiger partial charge in [0.05, 0.1) is 0 Å². The predicted octanol–water partition coefficient (Wildman–Crippen LogP) is 9.25. The number of rotatable bonds is 15. The van der Waals surface area contributed by atoms with Crippen LogP contribution >= 0.6 is 0 Å². The first-order valence-electron chi connectivity index (χ1n) is 16.1. The normalized spacial score (nSPS) is 15.0. The molecule has 0 spiro atoms. The predicted molar refractivity (Wildman–Crippen MR) is 188 cm³/mol. The molecule has 10 heteroatoms. The van der Waals surface area contributed by atoms with Crippen LogP contribution in [0.25, 0.3) is 11.1 Å². The quantitative estimate of drug-likeness (QED) is 0.122. The van der Waals surface area contributed by atoms with Crippen molar-refractivity contribution < 1.29 is 39.7 Å². The Morgan fingerprint density at radius 1 is 1.08 bits per heavy atom. The van der Waals surface area contributed by atoms with E-state index in [0.717, 1.165) is 41.8 Å². The van der Waals surface area contributed by atoms with Crippen molar-refractivity contribution in [3.8, 4) is 0 Å². The zero-order valence-corrected chi connectivity index (χ0v) is 29.6. The monoisotopic (exact) mass is 705 g/mol. The number of benzene rings is 2. The number of anilines is 1. The number of aliphatic imine (C=N–C) groups is 1. The van der Waals surface area contributed by atoms with Crippen molar-refractivity contribution in [2.24, 2.45) is 10.4 Å². The SMILES string of the molecule is C=C(c1ccccc1)c1ccccc1NC(=O)C(CCC)N/C(=C\C)O[C](=[V])c1ncc(C(F)(F)F)cc1/C(C=NC(=C)C1(C)CC1)=C/C. The fraction of sp³-hybridized carbons (Fsp3) is 0.282. The molecule has 1 fully saturated rings. The number of pyridine rings is 1. The molecule has 1 saturated carbocycles. The second-order valence-corrected chi connectivity index (χ2v) is 12.7. The maximum atomic E-state index is 13.8. The molecule has 1 aliphatic rings. The van der Waals surface area contributed by atoms with Gasteiger partial charge in [-0.3, -0.25) is 0 Å². The average Bonchev–Trinajstić information content (AvgIpc) is 3.85. The Kier molecular flexibility index (Phi) is 12.4. The second-order valence-electron chi connectivity index (χ2n) is 12.1. The van der Waals surface area contributed by atoms with Crippen molar-refractivity contribution in [3.05, 3.63) is 132 Å². The van der Waals surface area contributed by atoms with E-state index >= 15 is 0 Å². The van der Waals surface area contributed by atoms with Crippen LogP contribution in [0.5, 0.6) is 0 Å². The Morgan fingerprint density at radius 3 is 2.37 bits per heavy atom. The molecule has 1 heterocycles. The summed E-state index contributed by atoms with van der Waals surface area (Å²) < 4.78 is 47.7. The van der Waals surface area contributed by atoms with E-state index in [1.54, 1.807) is 26.0 Å². The number of carbonyl (C=O) groups is 1. The van der Waals surface area contributed by atoms with E-state index in [1.807, 2.05) is 61.5 Å². The van der Waals surface area contributed by atoms with Crippen LogP contribution in [0.4, 0.5) is 18.9 Å². The van der Waals surface area contributed by atoms with E-state index in [9.17, 15) is 18.0 Å². The summed E-state index contributed by atoms with van der Waals surface area (Å²) in [7, 11) is 0. The van der Waals surface area contributed by atoms with Gasteiger partial charge in [-0.05, 0) is 0 Å². The fourth-order valence-corrected chi connectivity index (χ4v) is 5.44. The van der Waals surface area contributed by atoms with Gasteiger partial charge in [0.1, 0.15) is 0 Å². The van der Waals surface area contributed by atoms with E-state index in [0.29, 0.717) is 29.8 Å². The van der Waals surface area contributed by atoms with Crippen LogP contribution in [0.3, 0.4) is 0 Å². The minimum atomic E-state index is -4.60. The summed E-state index contributed by atoms with van der Waals surface area (Å²) in [6, 6.07) is 17.5. The van der Waals surface area contributed by atoms with Crippen LogP contribution in [-0.4, -0.2) is 27.6 Å². The summed E-state index contributed by atoms with van der Waals surface area (Å²) >= 11 is 2.22. The first-order chi connectivity index (χ1) is 23.3. The van der Waals surface area contributed by atoms with Gasteiger partial charge in [-0.1, -0.05) is 18.2 Å². The van der Waals surface area contributed by atoms with E-state index in [4.69, 9.17) is 4.74 Å². The number of ether oxygens (including phenoxy) is 1. The van der Waals surface area contributed by atoms with Gasteiger partial charge in [0.15, 0.2) is 0 Å². The molecule has 255 valence electrons. The van der Waals surface area contributed by atoms with Crippen molar-refractivity contribution in [2.45, 2.75) is 65.6 Å². The van der Waals surface area contributed by atoms with Gasteiger partial charge >= 0.3 is 278 Å². The van der Waals surface area contributed by atoms with Gasteiger partial charge in [-0.2, -0.15) is 0 Å². The average molecular weight is 706 g/mol. The zero-order chi connectivity index (χ0) is 35.8. The van der Waals surface area contributed by atoms with Crippen LogP contribution in [0.2, 0.25) is 0 Å². The topological polar surface area (TPSA) is 75.6 Å². The molecule has 4 rings (SSSR count). The van der Waals surface area contributed by atoms with Gasteiger partial charge in [0.2, 0.25) is 0 Å². The summed E-state index contributed by atoms with van der Waals surface area (Å²) in [5.41, 5.74) is 3.61. The summed E-state index contributed by atoms with van der Waals surface area (Å²) in [6.45, 7) is 15.8. The molecule has 6 nitrogen and oxygen atoms in total. The van der Waals surface area contributed by atoms with E-state index < -0.39 is 17.8 Å². The molecule has 3 aromatic rings. The van der Waals surface area contributed by atoms with Gasteiger partial charge in [-0.25, -0.2) is 0 Å². The number of hydrogen-bond donors (Lipinski definition) is 2. The van der Waals surface area contributed by atoms with Crippen molar-refractivity contribution in [2.75, 3.05) is 5.32 Å². The molecule has 1 atom stereocenters. The van der Waals surface area contributed by atoms with Crippen LogP contribution in [0.15, 0.2) is 109 Å². The molecule has 0 aliphatic heterocycles. The van der Waals surface area contributed by atoms with Crippen LogP contribution in [-0.2, 0) is 32.7 Å². The van der Waals surface area contributed by atoms with Crippen molar-refractivity contribution in [3.63, 3.8) is 0 Å². The van der Waals surface area contributed by atoms with E-state index in [2.05, 4.69) is 57.7 Å². The summed E-state index contributed by atoms with van der Waals surface area (Å²) in [5.74, 6) is -0.0415. The number of allylic oxidation sites excluding steroid dienone is 4. The number of halogens is 3. The van der Waals surface area contributed by atoms with Gasteiger partial charge in [0.25, 0.3) is 0 Å². The van der Waals surface area contributed by atoms with E-state index in [-0.39, 0.29) is 32.9 Å². The summed E-state index contributed by atoms with van der Waals surface area (Å²) in [4.78, 5) is 22.4. The molecule has 1 aromatic heterocycles. The standard InChI is InChI=1S/C39H41F3N4O2.V/c1-7-15-34(37(47)46-33-19-14-13-18-31(33)26(4)29-16-11-10-12-17-29)45-36(9-3)48-25-35-32(22-30(24-44-35)39(40,41)42)28(8-2)23-43-27(5)38(6)20-21-38;/h8-14,16-19,22-24,34,45H,4-5,7,15,20-21H2,1-3,6H3,(H,46,47);/b28-8+,36-9+,43-23?;. The van der Waals surface area contributed by atoms with Crippen molar-refractivity contribution in [1.29, 1.82) is 0 Å². The number of carbonyl (C=O) groups excluding carboxylic acids is 1. The molecule has 0 radical (unpaired) electrons. The number of amides is 1. The third kappa shape index (κ3) is 9.58. The van der Waals surface area contributed by atoms with Crippen LogP contribution < -0.4 is 10.6 Å². The third-order valence-electron chi connectivity index (χ3n) is 8.41. The minimum absolute atomic E-state index is 0.0853. The zero-order valence-electron chi connectivity index (χ0n) is 28.2. The molecular formula is C39H41F3N4O2V. The molecule has 0 bridgehead atoms. The van der Waals surface area contributed by atoms with Gasteiger partial charge in [-0.15, -0.1) is 0 Å².